The fourth-order valence-electron chi connectivity index (χ4n) is 3.15. The molecule has 9 heteroatoms. The van der Waals surface area contributed by atoms with Gasteiger partial charge in [0.1, 0.15) is 29.7 Å². The van der Waals surface area contributed by atoms with Crippen LogP contribution in [0.1, 0.15) is 28.3 Å². The third kappa shape index (κ3) is 4.50. The van der Waals surface area contributed by atoms with Gasteiger partial charge in [-0.15, -0.1) is 0 Å². The Kier molecular flexibility index (Phi) is 5.57. The number of nitrogens with one attached hydrogen (secondary N) is 1. The fourth-order valence-corrected chi connectivity index (χ4v) is 3.15. The zero-order valence-corrected chi connectivity index (χ0v) is 17.8. The molecular formula is C22H23N5O4. The third-order valence-corrected chi connectivity index (χ3v) is 4.90. The molecule has 0 unspecified atom stereocenters. The van der Waals surface area contributed by atoms with Gasteiger partial charge in [0, 0.05) is 7.05 Å². The number of carbonyl (C=O) groups is 1. The molecule has 0 saturated carbocycles. The number of anilines is 1. The maximum atomic E-state index is 12.6. The molecule has 160 valence electrons. The predicted molar refractivity (Wildman–Crippen MR) is 113 cm³/mol. The summed E-state index contributed by atoms with van der Waals surface area (Å²) in [5.41, 5.74) is 3.25. The van der Waals surface area contributed by atoms with Crippen molar-refractivity contribution in [1.82, 2.24) is 19.9 Å². The van der Waals surface area contributed by atoms with Crippen molar-refractivity contribution in [2.45, 2.75) is 33.8 Å². The summed E-state index contributed by atoms with van der Waals surface area (Å²) >= 11 is 0. The van der Waals surface area contributed by atoms with E-state index in [0.717, 1.165) is 22.6 Å². The number of ether oxygens (including phenoxy) is 1. The number of nitrogens with zero attached hydrogens (tertiary/aromatic N) is 4. The minimum absolute atomic E-state index is 0.169. The van der Waals surface area contributed by atoms with Gasteiger partial charge >= 0.3 is 0 Å². The SMILES string of the molecule is Cc1cnc(-c2cnn(C)c2NC(=O)Cc2ccc(OCc3c(C)noc3C)cc2)o1. The predicted octanol–water partition coefficient (Wildman–Crippen LogP) is 3.75. The first-order valence-corrected chi connectivity index (χ1v) is 9.79. The Morgan fingerprint density at radius 3 is 2.58 bits per heavy atom. The summed E-state index contributed by atoms with van der Waals surface area (Å²) in [4.78, 5) is 16.8. The van der Waals surface area contributed by atoms with Gasteiger partial charge in [0.25, 0.3) is 0 Å². The normalized spacial score (nSPS) is 11.0. The lowest BCUT2D eigenvalue weighted by atomic mass is 10.1. The van der Waals surface area contributed by atoms with Gasteiger partial charge in [0.15, 0.2) is 0 Å². The van der Waals surface area contributed by atoms with Crippen LogP contribution in [0.4, 0.5) is 5.82 Å². The van der Waals surface area contributed by atoms with Crippen molar-refractivity contribution < 1.29 is 18.5 Å². The lowest BCUT2D eigenvalue weighted by molar-refractivity contribution is -0.115. The van der Waals surface area contributed by atoms with Crippen LogP contribution >= 0.6 is 0 Å². The first-order valence-electron chi connectivity index (χ1n) is 9.79. The Labute approximate surface area is 179 Å². The van der Waals surface area contributed by atoms with E-state index in [1.807, 2.05) is 45.0 Å². The van der Waals surface area contributed by atoms with Crippen LogP contribution in [0, 0.1) is 20.8 Å². The van der Waals surface area contributed by atoms with Crippen molar-refractivity contribution in [3.8, 4) is 17.2 Å². The Morgan fingerprint density at radius 1 is 1.16 bits per heavy atom. The molecule has 0 aliphatic rings. The number of aromatic nitrogens is 4. The van der Waals surface area contributed by atoms with Crippen molar-refractivity contribution >= 4 is 11.7 Å². The van der Waals surface area contributed by atoms with Crippen molar-refractivity contribution in [2.75, 3.05) is 5.32 Å². The number of oxazole rings is 1. The minimum atomic E-state index is -0.169. The van der Waals surface area contributed by atoms with Gasteiger partial charge in [-0.1, -0.05) is 17.3 Å². The molecule has 0 fully saturated rings. The average molecular weight is 421 g/mol. The van der Waals surface area contributed by atoms with Gasteiger partial charge in [-0.2, -0.15) is 5.10 Å². The molecule has 0 atom stereocenters. The van der Waals surface area contributed by atoms with E-state index in [1.54, 1.807) is 24.1 Å². The molecule has 4 aromatic rings. The molecule has 0 radical (unpaired) electrons. The summed E-state index contributed by atoms with van der Waals surface area (Å²) in [6.45, 7) is 5.93. The Hall–Kier alpha value is -3.88. The molecule has 0 saturated heterocycles. The van der Waals surface area contributed by atoms with Crippen molar-refractivity contribution in [3.05, 3.63) is 65.0 Å². The van der Waals surface area contributed by atoms with Crippen molar-refractivity contribution in [1.29, 1.82) is 0 Å². The maximum Gasteiger partial charge on any atom is 0.231 e. The number of rotatable bonds is 7. The summed E-state index contributed by atoms with van der Waals surface area (Å²) in [7, 11) is 1.75. The number of amides is 1. The molecular weight excluding hydrogens is 398 g/mol. The van der Waals surface area contributed by atoms with E-state index in [1.165, 1.54) is 0 Å². The lowest BCUT2D eigenvalue weighted by Crippen LogP contribution is -2.17. The van der Waals surface area contributed by atoms with E-state index in [9.17, 15) is 4.79 Å². The second-order valence-corrected chi connectivity index (χ2v) is 7.27. The zero-order valence-electron chi connectivity index (χ0n) is 17.8. The Bertz CT molecular complexity index is 1180. The van der Waals surface area contributed by atoms with Crippen LogP contribution < -0.4 is 10.1 Å². The molecule has 1 amide bonds. The Balaban J connectivity index is 1.38. The molecule has 4 rings (SSSR count). The highest BCUT2D eigenvalue weighted by atomic mass is 16.5. The Morgan fingerprint density at radius 2 is 1.94 bits per heavy atom. The number of aryl methyl sites for hydroxylation is 4. The largest absolute Gasteiger partial charge is 0.489 e. The van der Waals surface area contributed by atoms with E-state index in [2.05, 4.69) is 20.6 Å². The highest BCUT2D eigenvalue weighted by Gasteiger charge is 2.17. The van der Waals surface area contributed by atoms with E-state index in [0.29, 0.717) is 35.4 Å². The van der Waals surface area contributed by atoms with E-state index >= 15 is 0 Å². The van der Waals surface area contributed by atoms with Crippen LogP contribution in [0.25, 0.3) is 11.5 Å². The van der Waals surface area contributed by atoms with Gasteiger partial charge in [-0.3, -0.25) is 9.48 Å². The maximum absolute atomic E-state index is 12.6. The van der Waals surface area contributed by atoms with Gasteiger partial charge in [0.2, 0.25) is 11.8 Å². The smallest absolute Gasteiger partial charge is 0.231 e. The van der Waals surface area contributed by atoms with Crippen LogP contribution in [0.5, 0.6) is 5.75 Å². The number of hydrogen-bond acceptors (Lipinski definition) is 7. The van der Waals surface area contributed by atoms with Gasteiger partial charge in [0.05, 0.1) is 35.6 Å². The monoisotopic (exact) mass is 421 g/mol. The van der Waals surface area contributed by atoms with Crippen LogP contribution in [0.3, 0.4) is 0 Å². The highest BCUT2D eigenvalue weighted by Crippen LogP contribution is 2.27. The molecule has 0 bridgehead atoms. The molecule has 0 aliphatic carbocycles. The molecule has 1 aromatic carbocycles. The van der Waals surface area contributed by atoms with E-state index < -0.39 is 0 Å². The summed E-state index contributed by atoms with van der Waals surface area (Å²) in [6.07, 6.45) is 3.45. The first-order chi connectivity index (χ1) is 14.9. The van der Waals surface area contributed by atoms with Crippen molar-refractivity contribution in [2.24, 2.45) is 7.05 Å². The molecule has 9 nitrogen and oxygen atoms in total. The van der Waals surface area contributed by atoms with Crippen LogP contribution in [-0.2, 0) is 24.9 Å². The highest BCUT2D eigenvalue weighted by molar-refractivity contribution is 5.94. The quantitative estimate of drug-likeness (QED) is 0.484. The molecule has 0 aliphatic heterocycles. The first kappa shape index (κ1) is 20.4. The average Bonchev–Trinajstić information content (AvgIpc) is 3.42. The second kappa shape index (κ2) is 8.47. The molecule has 3 aromatic heterocycles. The minimum Gasteiger partial charge on any atom is -0.489 e. The van der Waals surface area contributed by atoms with Crippen LogP contribution in [0.15, 0.2) is 45.6 Å². The molecule has 1 N–H and O–H groups in total. The molecule has 0 spiro atoms. The molecule has 31 heavy (non-hydrogen) atoms. The summed E-state index contributed by atoms with van der Waals surface area (Å²) in [5.74, 6) is 2.93. The molecule has 3 heterocycles. The summed E-state index contributed by atoms with van der Waals surface area (Å²) in [5, 5.41) is 11.0. The van der Waals surface area contributed by atoms with E-state index in [-0.39, 0.29) is 12.3 Å². The third-order valence-electron chi connectivity index (χ3n) is 4.90. The van der Waals surface area contributed by atoms with E-state index in [4.69, 9.17) is 13.7 Å². The van der Waals surface area contributed by atoms with Gasteiger partial charge < -0.3 is 19.0 Å². The number of benzene rings is 1. The fraction of sp³-hybridized carbons (Fsp3) is 0.273. The topological polar surface area (TPSA) is 108 Å². The summed E-state index contributed by atoms with van der Waals surface area (Å²) in [6, 6.07) is 7.41. The second-order valence-electron chi connectivity index (χ2n) is 7.27. The van der Waals surface area contributed by atoms with Gasteiger partial charge in [-0.25, -0.2) is 4.98 Å². The lowest BCUT2D eigenvalue weighted by Gasteiger charge is -2.09. The number of carbonyl (C=O) groups excluding carboxylic acids is 1. The van der Waals surface area contributed by atoms with Crippen LogP contribution in [-0.4, -0.2) is 25.8 Å². The standard InChI is InChI=1S/C22H23N5O4/c1-13-10-23-22(30-13)18-11-24-27(4)21(18)25-20(28)9-16-5-7-17(8-6-16)29-12-19-14(2)26-31-15(19)3/h5-8,10-11H,9,12H2,1-4H3,(H,25,28). The summed E-state index contributed by atoms with van der Waals surface area (Å²) < 4.78 is 18.1. The van der Waals surface area contributed by atoms with Gasteiger partial charge in [-0.05, 0) is 38.5 Å². The van der Waals surface area contributed by atoms with Crippen molar-refractivity contribution in [3.63, 3.8) is 0 Å². The zero-order chi connectivity index (χ0) is 22.0. The number of hydrogen-bond donors (Lipinski definition) is 1. The van der Waals surface area contributed by atoms with Crippen LogP contribution in [0.2, 0.25) is 0 Å².